The number of carbonyl (C=O) groups is 1. The zero-order chi connectivity index (χ0) is 15.4. The van der Waals surface area contributed by atoms with Crippen molar-refractivity contribution in [3.8, 4) is 0 Å². The Kier molecular flexibility index (Phi) is 5.37. The molecule has 1 heterocycles. The summed E-state index contributed by atoms with van der Waals surface area (Å²) in [6.45, 7) is 5.92. The summed E-state index contributed by atoms with van der Waals surface area (Å²) in [5.41, 5.74) is 1.11. The van der Waals surface area contributed by atoms with Crippen LogP contribution in [0.4, 0.5) is 0 Å². The highest BCUT2D eigenvalue weighted by molar-refractivity contribution is 5.80. The topological polar surface area (TPSA) is 58.6 Å². The molecule has 0 spiro atoms. The first-order valence-corrected chi connectivity index (χ1v) is 7.63. The molecule has 4 unspecified atom stereocenters. The second-order valence-electron chi connectivity index (χ2n) is 6.01. The van der Waals surface area contributed by atoms with Crippen molar-refractivity contribution < 1.29 is 14.6 Å². The number of ether oxygens (including phenoxy) is 1. The fraction of sp³-hybridized carbons (Fsp3) is 0.588. The van der Waals surface area contributed by atoms with Crippen LogP contribution < -0.4 is 5.32 Å². The Hall–Kier alpha value is -1.39. The largest absolute Gasteiger partial charge is 0.394 e. The molecule has 1 aromatic carbocycles. The number of rotatable bonds is 5. The van der Waals surface area contributed by atoms with E-state index in [1.54, 1.807) is 0 Å². The average Bonchev–Trinajstić information content (AvgIpc) is 2.72. The quantitative estimate of drug-likeness (QED) is 0.869. The summed E-state index contributed by atoms with van der Waals surface area (Å²) in [4.78, 5) is 12.5. The lowest BCUT2D eigenvalue weighted by atomic mass is 9.88. The summed E-state index contributed by atoms with van der Waals surface area (Å²) in [6.07, 6.45) is 0.651. The Morgan fingerprint density at radius 1 is 1.24 bits per heavy atom. The van der Waals surface area contributed by atoms with Gasteiger partial charge < -0.3 is 15.2 Å². The van der Waals surface area contributed by atoms with Crippen LogP contribution in [0.15, 0.2) is 30.3 Å². The van der Waals surface area contributed by atoms with Crippen LogP contribution in [-0.2, 0) is 16.0 Å². The van der Waals surface area contributed by atoms with Crippen LogP contribution in [-0.4, -0.2) is 35.9 Å². The van der Waals surface area contributed by atoms with Crippen molar-refractivity contribution in [1.29, 1.82) is 0 Å². The highest BCUT2D eigenvalue weighted by atomic mass is 16.5. The molecular formula is C17H25NO3. The van der Waals surface area contributed by atoms with E-state index in [0.29, 0.717) is 6.42 Å². The highest BCUT2D eigenvalue weighted by Gasteiger charge is 2.41. The van der Waals surface area contributed by atoms with E-state index in [4.69, 9.17) is 4.74 Å². The van der Waals surface area contributed by atoms with E-state index in [1.165, 1.54) is 0 Å². The van der Waals surface area contributed by atoms with Gasteiger partial charge in [0, 0.05) is 0 Å². The second-order valence-corrected chi connectivity index (χ2v) is 6.01. The molecule has 4 heteroatoms. The van der Waals surface area contributed by atoms with E-state index in [1.807, 2.05) is 51.1 Å². The summed E-state index contributed by atoms with van der Waals surface area (Å²) in [6, 6.07) is 9.62. The Balaban J connectivity index is 1.97. The van der Waals surface area contributed by atoms with Gasteiger partial charge in [-0.3, -0.25) is 4.79 Å². The van der Waals surface area contributed by atoms with Crippen LogP contribution in [0.25, 0.3) is 0 Å². The molecule has 5 atom stereocenters. The Bertz CT molecular complexity index is 462. The van der Waals surface area contributed by atoms with Crippen LogP contribution in [0, 0.1) is 11.8 Å². The van der Waals surface area contributed by atoms with Crippen molar-refractivity contribution in [2.75, 3.05) is 6.61 Å². The molecule has 0 saturated carbocycles. The predicted octanol–water partition coefficient (Wildman–Crippen LogP) is 1.77. The van der Waals surface area contributed by atoms with Crippen LogP contribution >= 0.6 is 0 Å². The molecule has 0 bridgehead atoms. The van der Waals surface area contributed by atoms with Gasteiger partial charge in [-0.05, 0) is 31.7 Å². The average molecular weight is 291 g/mol. The van der Waals surface area contributed by atoms with Crippen LogP contribution in [0.5, 0.6) is 0 Å². The first-order valence-electron chi connectivity index (χ1n) is 7.63. The molecule has 0 aromatic heterocycles. The standard InChI is InChI=1S/C17H25NO3/c1-11-12(2)21-13(3)16(11)17(20)18-15(10-19)9-14-7-5-4-6-8-14/h4-8,11-13,15-16,19H,9-10H2,1-3H3,(H,18,20)/t11?,12?,13?,15-,16?/m0/s1. The van der Waals surface area contributed by atoms with E-state index in [-0.39, 0.29) is 42.6 Å². The van der Waals surface area contributed by atoms with Crippen molar-refractivity contribution in [3.63, 3.8) is 0 Å². The van der Waals surface area contributed by atoms with Crippen molar-refractivity contribution in [3.05, 3.63) is 35.9 Å². The smallest absolute Gasteiger partial charge is 0.226 e. The maximum Gasteiger partial charge on any atom is 0.226 e. The lowest BCUT2D eigenvalue weighted by Gasteiger charge is -2.22. The van der Waals surface area contributed by atoms with Gasteiger partial charge in [-0.15, -0.1) is 0 Å². The number of aliphatic hydroxyl groups excluding tert-OH is 1. The molecule has 21 heavy (non-hydrogen) atoms. The third-order valence-corrected chi connectivity index (χ3v) is 4.44. The number of carbonyl (C=O) groups excluding carboxylic acids is 1. The lowest BCUT2D eigenvalue weighted by Crippen LogP contribution is -2.45. The summed E-state index contributed by atoms with van der Waals surface area (Å²) in [7, 11) is 0. The molecule has 1 aliphatic rings. The molecule has 0 radical (unpaired) electrons. The summed E-state index contributed by atoms with van der Waals surface area (Å²) < 4.78 is 5.72. The number of amides is 1. The number of hydrogen-bond donors (Lipinski definition) is 2. The molecule has 2 N–H and O–H groups in total. The van der Waals surface area contributed by atoms with E-state index >= 15 is 0 Å². The van der Waals surface area contributed by atoms with Crippen molar-refractivity contribution in [1.82, 2.24) is 5.32 Å². The second kappa shape index (κ2) is 7.05. The fourth-order valence-electron chi connectivity index (χ4n) is 3.08. The Morgan fingerprint density at radius 3 is 2.43 bits per heavy atom. The van der Waals surface area contributed by atoms with Gasteiger partial charge in [0.05, 0.1) is 30.8 Å². The number of benzene rings is 1. The van der Waals surface area contributed by atoms with Crippen LogP contribution in [0.1, 0.15) is 26.3 Å². The van der Waals surface area contributed by atoms with Gasteiger partial charge >= 0.3 is 0 Å². The number of hydrogen-bond acceptors (Lipinski definition) is 3. The van der Waals surface area contributed by atoms with Gasteiger partial charge in [0.15, 0.2) is 0 Å². The number of aliphatic hydroxyl groups is 1. The van der Waals surface area contributed by atoms with Crippen molar-refractivity contribution in [2.45, 2.75) is 45.4 Å². The van der Waals surface area contributed by atoms with Gasteiger partial charge in [-0.25, -0.2) is 0 Å². The van der Waals surface area contributed by atoms with E-state index in [0.717, 1.165) is 5.56 Å². The minimum Gasteiger partial charge on any atom is -0.394 e. The molecule has 1 saturated heterocycles. The van der Waals surface area contributed by atoms with E-state index in [9.17, 15) is 9.90 Å². The van der Waals surface area contributed by atoms with Gasteiger partial charge in [-0.1, -0.05) is 37.3 Å². The monoisotopic (exact) mass is 291 g/mol. The van der Waals surface area contributed by atoms with Gasteiger partial charge in [0.25, 0.3) is 0 Å². The number of nitrogens with one attached hydrogen (secondary N) is 1. The molecule has 2 rings (SSSR count). The summed E-state index contributed by atoms with van der Waals surface area (Å²) >= 11 is 0. The van der Waals surface area contributed by atoms with E-state index < -0.39 is 0 Å². The Labute approximate surface area is 126 Å². The predicted molar refractivity (Wildman–Crippen MR) is 81.8 cm³/mol. The minimum atomic E-state index is -0.254. The molecule has 4 nitrogen and oxygen atoms in total. The van der Waals surface area contributed by atoms with E-state index in [2.05, 4.69) is 5.32 Å². The van der Waals surface area contributed by atoms with Gasteiger partial charge in [-0.2, -0.15) is 0 Å². The van der Waals surface area contributed by atoms with Gasteiger partial charge in [0.2, 0.25) is 5.91 Å². The zero-order valence-corrected chi connectivity index (χ0v) is 13.0. The maximum atomic E-state index is 12.5. The minimum absolute atomic E-state index is 0.0191. The molecule has 1 amide bonds. The van der Waals surface area contributed by atoms with Crippen LogP contribution in [0.3, 0.4) is 0 Å². The Morgan fingerprint density at radius 2 is 1.90 bits per heavy atom. The zero-order valence-electron chi connectivity index (χ0n) is 13.0. The SMILES string of the molecule is CC1OC(C)C(C(=O)N[C@H](CO)Cc2ccccc2)C1C. The third-order valence-electron chi connectivity index (χ3n) is 4.44. The van der Waals surface area contributed by atoms with Gasteiger partial charge in [0.1, 0.15) is 0 Å². The van der Waals surface area contributed by atoms with Crippen LogP contribution in [0.2, 0.25) is 0 Å². The molecule has 116 valence electrons. The maximum absolute atomic E-state index is 12.5. The molecule has 1 aliphatic heterocycles. The van der Waals surface area contributed by atoms with Crippen molar-refractivity contribution in [2.24, 2.45) is 11.8 Å². The summed E-state index contributed by atoms with van der Waals surface area (Å²) in [5.74, 6) is 0.0234. The molecule has 0 aliphatic carbocycles. The first-order chi connectivity index (χ1) is 10.0. The lowest BCUT2D eigenvalue weighted by molar-refractivity contribution is -0.128. The fourth-order valence-corrected chi connectivity index (χ4v) is 3.08. The molecular weight excluding hydrogens is 266 g/mol. The summed E-state index contributed by atoms with van der Waals surface area (Å²) in [5, 5.41) is 12.5. The normalized spacial score (nSPS) is 30.1. The third kappa shape index (κ3) is 3.83. The molecule has 1 aromatic rings. The van der Waals surface area contributed by atoms with Crippen molar-refractivity contribution >= 4 is 5.91 Å². The first kappa shape index (κ1) is 16.0. The molecule has 1 fully saturated rings. The highest BCUT2D eigenvalue weighted by Crippen LogP contribution is 2.32.